The van der Waals surface area contributed by atoms with Crippen molar-refractivity contribution in [2.24, 2.45) is 0 Å². The normalized spacial score (nSPS) is 13.2. The predicted molar refractivity (Wildman–Crippen MR) is 102 cm³/mol. The van der Waals surface area contributed by atoms with E-state index in [1.807, 2.05) is 55.5 Å². The zero-order valence-electron chi connectivity index (χ0n) is 14.3. The van der Waals surface area contributed by atoms with Crippen molar-refractivity contribution in [3.8, 4) is 0 Å². The van der Waals surface area contributed by atoms with Gasteiger partial charge in [0.15, 0.2) is 6.04 Å². The van der Waals surface area contributed by atoms with Crippen molar-refractivity contribution in [3.63, 3.8) is 0 Å². The highest BCUT2D eigenvalue weighted by Gasteiger charge is 2.25. The average molecular weight is 351 g/mol. The molecule has 0 radical (unpaired) electrons. The van der Waals surface area contributed by atoms with Crippen molar-refractivity contribution in [2.75, 3.05) is 0 Å². The number of thiophene rings is 1. The first-order valence-corrected chi connectivity index (χ1v) is 9.37. The van der Waals surface area contributed by atoms with E-state index >= 15 is 0 Å². The summed E-state index contributed by atoms with van der Waals surface area (Å²) in [7, 11) is 0. The SMILES string of the molecule is C[C@@H]([NH2+][C@@H](c1ccccc1)c1cccs1)C(=O)NCc1ccccc1. The summed E-state index contributed by atoms with van der Waals surface area (Å²) in [6, 6.07) is 24.5. The van der Waals surface area contributed by atoms with Crippen molar-refractivity contribution in [1.82, 2.24) is 5.32 Å². The zero-order chi connectivity index (χ0) is 17.5. The number of nitrogens with two attached hydrogens (primary N) is 1. The molecule has 0 saturated carbocycles. The molecule has 0 fully saturated rings. The number of rotatable bonds is 7. The maximum Gasteiger partial charge on any atom is 0.278 e. The smallest absolute Gasteiger partial charge is 0.278 e. The van der Waals surface area contributed by atoms with Gasteiger partial charge in [0.05, 0.1) is 4.88 Å². The van der Waals surface area contributed by atoms with Crippen LogP contribution in [0.15, 0.2) is 78.2 Å². The van der Waals surface area contributed by atoms with Crippen LogP contribution < -0.4 is 10.6 Å². The summed E-state index contributed by atoms with van der Waals surface area (Å²) in [6.07, 6.45) is 0. The van der Waals surface area contributed by atoms with Crippen LogP contribution >= 0.6 is 11.3 Å². The molecule has 3 nitrogen and oxygen atoms in total. The van der Waals surface area contributed by atoms with Crippen LogP contribution in [-0.4, -0.2) is 11.9 Å². The highest BCUT2D eigenvalue weighted by atomic mass is 32.1. The molecule has 0 spiro atoms. The van der Waals surface area contributed by atoms with Crippen LogP contribution in [0.5, 0.6) is 0 Å². The van der Waals surface area contributed by atoms with E-state index in [0.717, 1.165) is 5.56 Å². The number of benzene rings is 2. The van der Waals surface area contributed by atoms with Gasteiger partial charge in [-0.25, -0.2) is 0 Å². The number of quaternary nitrogens is 1. The first-order valence-electron chi connectivity index (χ1n) is 8.49. The lowest BCUT2D eigenvalue weighted by molar-refractivity contribution is -0.704. The molecule has 0 saturated heterocycles. The fourth-order valence-corrected chi connectivity index (χ4v) is 3.65. The third-order valence-electron chi connectivity index (χ3n) is 4.21. The van der Waals surface area contributed by atoms with Crippen LogP contribution in [0, 0.1) is 0 Å². The Labute approximate surface area is 152 Å². The van der Waals surface area contributed by atoms with E-state index in [-0.39, 0.29) is 18.0 Å². The number of carbonyl (C=O) groups is 1. The molecule has 1 amide bonds. The molecule has 0 aliphatic carbocycles. The molecule has 25 heavy (non-hydrogen) atoms. The molecule has 0 aliphatic rings. The predicted octanol–water partition coefficient (Wildman–Crippen LogP) is 3.11. The summed E-state index contributed by atoms with van der Waals surface area (Å²) >= 11 is 1.73. The summed E-state index contributed by atoms with van der Waals surface area (Å²) in [5, 5.41) is 7.26. The molecule has 128 valence electrons. The van der Waals surface area contributed by atoms with Gasteiger partial charge in [0.1, 0.15) is 6.04 Å². The van der Waals surface area contributed by atoms with Gasteiger partial charge < -0.3 is 10.6 Å². The molecule has 4 heteroatoms. The van der Waals surface area contributed by atoms with Crippen LogP contribution in [0.25, 0.3) is 0 Å². The fourth-order valence-electron chi connectivity index (χ4n) is 2.82. The summed E-state index contributed by atoms with van der Waals surface area (Å²) < 4.78 is 0. The van der Waals surface area contributed by atoms with Gasteiger partial charge in [-0.2, -0.15) is 0 Å². The largest absolute Gasteiger partial charge is 0.347 e. The van der Waals surface area contributed by atoms with Gasteiger partial charge in [-0.05, 0) is 23.9 Å². The Kier molecular flexibility index (Phi) is 5.99. The third-order valence-corrected chi connectivity index (χ3v) is 5.17. The van der Waals surface area contributed by atoms with E-state index < -0.39 is 0 Å². The van der Waals surface area contributed by atoms with Crippen LogP contribution in [0.1, 0.15) is 29.0 Å². The van der Waals surface area contributed by atoms with E-state index in [4.69, 9.17) is 0 Å². The summed E-state index contributed by atoms with van der Waals surface area (Å²) in [5.74, 6) is 0.0568. The quantitative estimate of drug-likeness (QED) is 0.675. The molecular formula is C21H23N2OS+. The van der Waals surface area contributed by atoms with Crippen molar-refractivity contribution in [1.29, 1.82) is 0 Å². The Hall–Kier alpha value is -2.43. The van der Waals surface area contributed by atoms with Gasteiger partial charge in [-0.1, -0.05) is 66.7 Å². The molecule has 2 atom stereocenters. The molecule has 0 aliphatic heterocycles. The van der Waals surface area contributed by atoms with E-state index in [2.05, 4.69) is 40.3 Å². The van der Waals surface area contributed by atoms with Gasteiger partial charge >= 0.3 is 0 Å². The topological polar surface area (TPSA) is 45.7 Å². The fraction of sp³-hybridized carbons (Fsp3) is 0.190. The molecular weight excluding hydrogens is 328 g/mol. The monoisotopic (exact) mass is 351 g/mol. The third kappa shape index (κ3) is 4.78. The minimum Gasteiger partial charge on any atom is -0.347 e. The number of hydrogen-bond acceptors (Lipinski definition) is 2. The second-order valence-corrected chi connectivity index (χ2v) is 7.07. The second kappa shape index (κ2) is 8.60. The highest BCUT2D eigenvalue weighted by Crippen LogP contribution is 2.22. The molecule has 3 N–H and O–H groups in total. The number of hydrogen-bond donors (Lipinski definition) is 2. The zero-order valence-corrected chi connectivity index (χ0v) is 15.1. The highest BCUT2D eigenvalue weighted by molar-refractivity contribution is 7.10. The van der Waals surface area contributed by atoms with E-state index in [0.29, 0.717) is 6.54 Å². The van der Waals surface area contributed by atoms with Crippen LogP contribution in [-0.2, 0) is 11.3 Å². The van der Waals surface area contributed by atoms with Gasteiger partial charge in [0, 0.05) is 12.1 Å². The molecule has 0 unspecified atom stereocenters. The Morgan fingerprint density at radius 1 is 1.00 bits per heavy atom. The van der Waals surface area contributed by atoms with Gasteiger partial charge in [-0.3, -0.25) is 4.79 Å². The molecule has 1 aromatic heterocycles. The lowest BCUT2D eigenvalue weighted by atomic mass is 10.0. The van der Waals surface area contributed by atoms with Crippen molar-refractivity contribution in [3.05, 3.63) is 94.2 Å². The lowest BCUT2D eigenvalue weighted by Crippen LogP contribution is -2.92. The molecule has 2 aromatic carbocycles. The van der Waals surface area contributed by atoms with Crippen molar-refractivity contribution in [2.45, 2.75) is 25.6 Å². The summed E-state index contributed by atoms with van der Waals surface area (Å²) in [5.41, 5.74) is 2.33. The van der Waals surface area contributed by atoms with Crippen LogP contribution in [0.4, 0.5) is 0 Å². The van der Waals surface area contributed by atoms with Gasteiger partial charge in [-0.15, -0.1) is 11.3 Å². The Balaban J connectivity index is 1.66. The van der Waals surface area contributed by atoms with Crippen molar-refractivity contribution < 1.29 is 10.1 Å². The molecule has 3 rings (SSSR count). The molecule has 1 heterocycles. The van der Waals surface area contributed by atoms with Gasteiger partial charge in [0.2, 0.25) is 0 Å². The number of amides is 1. The van der Waals surface area contributed by atoms with Gasteiger partial charge in [0.25, 0.3) is 5.91 Å². The molecule has 0 bridgehead atoms. The minimum absolute atomic E-state index is 0.0568. The van der Waals surface area contributed by atoms with E-state index in [9.17, 15) is 4.79 Å². The minimum atomic E-state index is -0.170. The van der Waals surface area contributed by atoms with E-state index in [1.165, 1.54) is 10.4 Å². The summed E-state index contributed by atoms with van der Waals surface area (Å²) in [4.78, 5) is 13.8. The Morgan fingerprint density at radius 2 is 1.68 bits per heavy atom. The Bertz CT molecular complexity index is 772. The Morgan fingerprint density at radius 3 is 2.32 bits per heavy atom. The molecule has 3 aromatic rings. The van der Waals surface area contributed by atoms with Crippen LogP contribution in [0.3, 0.4) is 0 Å². The first-order chi connectivity index (χ1) is 12.2. The summed E-state index contributed by atoms with van der Waals surface area (Å²) in [6.45, 7) is 2.52. The standard InChI is InChI=1S/C21H22N2OS/c1-16(21(24)22-15-17-9-4-2-5-10-17)23-20(19-13-8-14-25-19)18-11-6-3-7-12-18/h2-14,16,20,23H,15H2,1H3,(H,22,24)/p+1/t16-,20+/m1/s1. The van der Waals surface area contributed by atoms with Crippen molar-refractivity contribution >= 4 is 17.2 Å². The number of nitrogens with one attached hydrogen (secondary N) is 1. The maximum atomic E-state index is 12.5. The van der Waals surface area contributed by atoms with Crippen LogP contribution in [0.2, 0.25) is 0 Å². The average Bonchev–Trinajstić information content (AvgIpc) is 3.20. The maximum absolute atomic E-state index is 12.5. The second-order valence-electron chi connectivity index (χ2n) is 6.09. The lowest BCUT2D eigenvalue weighted by Gasteiger charge is -2.19. The number of carbonyl (C=O) groups excluding carboxylic acids is 1. The van der Waals surface area contributed by atoms with E-state index in [1.54, 1.807) is 11.3 Å². The first kappa shape index (κ1) is 17.4.